The van der Waals surface area contributed by atoms with Gasteiger partial charge >= 0.3 is 0 Å². The van der Waals surface area contributed by atoms with Crippen molar-refractivity contribution in [3.05, 3.63) is 41.6 Å². The summed E-state index contributed by atoms with van der Waals surface area (Å²) in [6.07, 6.45) is 1.04. The topological polar surface area (TPSA) is 41.1 Å². The molecule has 1 aromatic carbocycles. The van der Waals surface area contributed by atoms with Gasteiger partial charge in [-0.2, -0.15) is 4.98 Å². The Labute approximate surface area is 126 Å². The molecule has 0 aliphatic carbocycles. The van der Waals surface area contributed by atoms with Crippen LogP contribution in [0.1, 0.15) is 32.0 Å². The van der Waals surface area contributed by atoms with Gasteiger partial charge in [0, 0.05) is 29.5 Å². The van der Waals surface area contributed by atoms with Crippen LogP contribution in [-0.4, -0.2) is 22.1 Å². The molecule has 1 N–H and O–H groups in total. The molecule has 3 rings (SSSR count). The van der Waals surface area contributed by atoms with Crippen molar-refractivity contribution in [3.63, 3.8) is 0 Å². The molecule has 2 aromatic rings. The molecule has 0 fully saturated rings. The lowest BCUT2D eigenvalue weighted by Gasteiger charge is -2.23. The van der Waals surface area contributed by atoms with Crippen molar-refractivity contribution in [2.75, 3.05) is 10.2 Å². The summed E-state index contributed by atoms with van der Waals surface area (Å²) in [5.41, 5.74) is 3.58. The van der Waals surface area contributed by atoms with Gasteiger partial charge in [0.2, 0.25) is 5.95 Å². The molecule has 0 saturated heterocycles. The van der Waals surface area contributed by atoms with Crippen LogP contribution in [0, 0.1) is 6.92 Å². The largest absolute Gasteiger partial charge is 0.368 e. The molecule has 1 atom stereocenters. The molecule has 1 aromatic heterocycles. The predicted octanol–water partition coefficient (Wildman–Crippen LogP) is 3.69. The van der Waals surface area contributed by atoms with E-state index in [9.17, 15) is 0 Å². The van der Waals surface area contributed by atoms with Crippen LogP contribution in [0.2, 0.25) is 0 Å². The highest BCUT2D eigenvalue weighted by atomic mass is 15.3. The van der Waals surface area contributed by atoms with Crippen molar-refractivity contribution >= 4 is 17.5 Å². The van der Waals surface area contributed by atoms with Crippen molar-refractivity contribution in [1.82, 2.24) is 9.97 Å². The molecule has 4 heteroatoms. The smallest absolute Gasteiger partial charge is 0.232 e. The second-order valence-corrected chi connectivity index (χ2v) is 6.05. The third-order valence-corrected chi connectivity index (χ3v) is 3.70. The van der Waals surface area contributed by atoms with Crippen molar-refractivity contribution in [1.29, 1.82) is 0 Å². The Kier molecular flexibility index (Phi) is 3.53. The molecule has 2 heterocycles. The zero-order valence-electron chi connectivity index (χ0n) is 13.1. The summed E-state index contributed by atoms with van der Waals surface area (Å²) in [5, 5.41) is 3.37. The minimum atomic E-state index is 0.357. The second-order valence-electron chi connectivity index (χ2n) is 6.05. The number of nitrogens with zero attached hydrogens (tertiary/aromatic N) is 3. The van der Waals surface area contributed by atoms with Gasteiger partial charge in [-0.1, -0.05) is 18.2 Å². The van der Waals surface area contributed by atoms with Crippen LogP contribution in [-0.2, 0) is 6.42 Å². The number of aryl methyl sites for hydroxylation is 1. The van der Waals surface area contributed by atoms with Crippen molar-refractivity contribution in [2.24, 2.45) is 0 Å². The van der Waals surface area contributed by atoms with E-state index in [2.05, 4.69) is 60.2 Å². The van der Waals surface area contributed by atoms with Gasteiger partial charge in [-0.25, -0.2) is 4.98 Å². The minimum absolute atomic E-state index is 0.357. The Morgan fingerprint density at radius 2 is 2.00 bits per heavy atom. The lowest BCUT2D eigenvalue weighted by atomic mass is 10.1. The minimum Gasteiger partial charge on any atom is -0.368 e. The van der Waals surface area contributed by atoms with E-state index in [4.69, 9.17) is 4.98 Å². The fraction of sp³-hybridized carbons (Fsp3) is 0.412. The lowest BCUT2D eigenvalue weighted by Crippen LogP contribution is -2.26. The number of hydrogen-bond donors (Lipinski definition) is 1. The highest BCUT2D eigenvalue weighted by molar-refractivity contribution is 5.67. The number of para-hydroxylation sites is 1. The van der Waals surface area contributed by atoms with Crippen LogP contribution in [0.25, 0.3) is 0 Å². The van der Waals surface area contributed by atoms with E-state index in [-0.39, 0.29) is 0 Å². The van der Waals surface area contributed by atoms with Crippen molar-refractivity contribution in [2.45, 2.75) is 46.2 Å². The Bertz CT molecular complexity index is 651. The number of rotatable bonds is 3. The summed E-state index contributed by atoms with van der Waals surface area (Å²) >= 11 is 0. The fourth-order valence-electron chi connectivity index (χ4n) is 2.90. The summed E-state index contributed by atoms with van der Waals surface area (Å²) in [7, 11) is 0. The Balaban J connectivity index is 2.02. The van der Waals surface area contributed by atoms with Gasteiger partial charge in [0.1, 0.15) is 5.82 Å². The molecule has 0 amide bonds. The SMILES string of the molecule is Cc1cc(NC(C)C)nc(N2c3ccccc3CC2C)n1. The number of fused-ring (bicyclic) bond motifs is 1. The molecule has 1 aliphatic rings. The van der Waals surface area contributed by atoms with Gasteiger partial charge in [-0.3, -0.25) is 0 Å². The van der Waals surface area contributed by atoms with Crippen LogP contribution in [0.4, 0.5) is 17.5 Å². The van der Waals surface area contributed by atoms with Gasteiger partial charge in [-0.15, -0.1) is 0 Å². The van der Waals surface area contributed by atoms with E-state index in [1.54, 1.807) is 0 Å². The van der Waals surface area contributed by atoms with Crippen molar-refractivity contribution in [3.8, 4) is 0 Å². The third-order valence-electron chi connectivity index (χ3n) is 3.70. The molecular weight excluding hydrogens is 260 g/mol. The summed E-state index contributed by atoms with van der Waals surface area (Å²) in [4.78, 5) is 11.6. The molecule has 0 spiro atoms. The normalized spacial score (nSPS) is 17.2. The molecule has 0 bridgehead atoms. The Hall–Kier alpha value is -2.10. The summed E-state index contributed by atoms with van der Waals surface area (Å²) in [5.74, 6) is 1.68. The number of benzene rings is 1. The van der Waals surface area contributed by atoms with Gasteiger partial charge in [-0.05, 0) is 45.7 Å². The average molecular weight is 282 g/mol. The zero-order valence-corrected chi connectivity index (χ0v) is 13.1. The van der Waals surface area contributed by atoms with Gasteiger partial charge < -0.3 is 10.2 Å². The molecule has 0 radical (unpaired) electrons. The monoisotopic (exact) mass is 282 g/mol. The number of nitrogens with one attached hydrogen (secondary N) is 1. The van der Waals surface area contributed by atoms with Gasteiger partial charge in [0.25, 0.3) is 0 Å². The maximum absolute atomic E-state index is 4.71. The van der Waals surface area contributed by atoms with Crippen LogP contribution >= 0.6 is 0 Å². The molecule has 1 unspecified atom stereocenters. The standard InChI is InChI=1S/C17H22N4/c1-11(2)18-16-9-12(3)19-17(20-16)21-13(4)10-14-7-5-6-8-15(14)21/h5-9,11,13H,10H2,1-4H3,(H,18,19,20). The first-order valence-electron chi connectivity index (χ1n) is 7.54. The first-order chi connectivity index (χ1) is 10.0. The van der Waals surface area contributed by atoms with Crippen molar-refractivity contribution < 1.29 is 0 Å². The molecule has 1 aliphatic heterocycles. The fourth-order valence-corrected chi connectivity index (χ4v) is 2.90. The third kappa shape index (κ3) is 2.71. The predicted molar refractivity (Wildman–Crippen MR) is 87.3 cm³/mol. The zero-order chi connectivity index (χ0) is 15.0. The Morgan fingerprint density at radius 3 is 2.76 bits per heavy atom. The summed E-state index contributed by atoms with van der Waals surface area (Å²) in [6, 6.07) is 11.3. The molecule has 21 heavy (non-hydrogen) atoms. The first-order valence-corrected chi connectivity index (χ1v) is 7.54. The van der Waals surface area contributed by atoms with E-state index in [1.165, 1.54) is 11.3 Å². The maximum atomic E-state index is 4.71. The lowest BCUT2D eigenvalue weighted by molar-refractivity contribution is 0.737. The van der Waals surface area contributed by atoms with E-state index in [0.717, 1.165) is 23.9 Å². The van der Waals surface area contributed by atoms with Crippen LogP contribution in [0.5, 0.6) is 0 Å². The van der Waals surface area contributed by atoms with Crippen LogP contribution in [0.15, 0.2) is 30.3 Å². The van der Waals surface area contributed by atoms with E-state index >= 15 is 0 Å². The van der Waals surface area contributed by atoms with E-state index < -0.39 is 0 Å². The van der Waals surface area contributed by atoms with E-state index in [0.29, 0.717) is 12.1 Å². The molecule has 110 valence electrons. The van der Waals surface area contributed by atoms with Crippen LogP contribution in [0.3, 0.4) is 0 Å². The maximum Gasteiger partial charge on any atom is 0.232 e. The molecular formula is C17H22N4. The van der Waals surface area contributed by atoms with Gasteiger partial charge in [0.05, 0.1) is 0 Å². The Morgan fingerprint density at radius 1 is 1.24 bits per heavy atom. The summed E-state index contributed by atoms with van der Waals surface area (Å²) < 4.78 is 0. The molecule has 0 saturated carbocycles. The molecule has 4 nitrogen and oxygen atoms in total. The van der Waals surface area contributed by atoms with Crippen LogP contribution < -0.4 is 10.2 Å². The highest BCUT2D eigenvalue weighted by Gasteiger charge is 2.28. The average Bonchev–Trinajstić information content (AvgIpc) is 2.72. The quantitative estimate of drug-likeness (QED) is 0.932. The highest BCUT2D eigenvalue weighted by Crippen LogP contribution is 2.36. The second kappa shape index (κ2) is 5.35. The van der Waals surface area contributed by atoms with Gasteiger partial charge in [0.15, 0.2) is 0 Å². The number of hydrogen-bond acceptors (Lipinski definition) is 4. The van der Waals surface area contributed by atoms with E-state index in [1.807, 2.05) is 13.0 Å². The number of aromatic nitrogens is 2. The number of anilines is 3. The first kappa shape index (κ1) is 13.9. The summed E-state index contributed by atoms with van der Waals surface area (Å²) in [6.45, 7) is 8.47.